The molecule has 4 heteroatoms. The average molecular weight is 217 g/mol. The number of alkyl halides is 1. The molecule has 0 N–H and O–H groups in total. The standard InChI is InChI=1S/C10H10ClFO2/c1-14-10-3-2-7(6-8(10)12)9(13)4-5-11/h2-3,6H,4-5H2,1H3. The van der Waals surface area contributed by atoms with Crippen LogP contribution < -0.4 is 4.74 Å². The summed E-state index contributed by atoms with van der Waals surface area (Å²) < 4.78 is 17.9. The third-order valence-electron chi connectivity index (χ3n) is 1.80. The molecule has 0 fully saturated rings. The zero-order chi connectivity index (χ0) is 10.6. The van der Waals surface area contributed by atoms with Crippen molar-refractivity contribution >= 4 is 17.4 Å². The van der Waals surface area contributed by atoms with Crippen LogP contribution in [0, 0.1) is 5.82 Å². The Balaban J connectivity index is 2.91. The van der Waals surface area contributed by atoms with Crippen molar-refractivity contribution in [2.24, 2.45) is 0 Å². The first-order valence-electron chi connectivity index (χ1n) is 4.11. The Morgan fingerprint density at radius 1 is 1.57 bits per heavy atom. The number of ether oxygens (including phenoxy) is 1. The van der Waals surface area contributed by atoms with Gasteiger partial charge in [-0.05, 0) is 18.2 Å². The SMILES string of the molecule is COc1ccc(C(=O)CCCl)cc1F. The van der Waals surface area contributed by atoms with Crippen molar-refractivity contribution in [2.75, 3.05) is 13.0 Å². The highest BCUT2D eigenvalue weighted by Crippen LogP contribution is 2.18. The molecule has 0 saturated carbocycles. The normalized spacial score (nSPS) is 9.93. The fourth-order valence-corrected chi connectivity index (χ4v) is 1.24. The Bertz CT molecular complexity index is 339. The van der Waals surface area contributed by atoms with Crippen molar-refractivity contribution in [2.45, 2.75) is 6.42 Å². The number of hydrogen-bond donors (Lipinski definition) is 0. The summed E-state index contributed by atoms with van der Waals surface area (Å²) in [7, 11) is 1.37. The van der Waals surface area contributed by atoms with Crippen LogP contribution in [-0.2, 0) is 0 Å². The minimum absolute atomic E-state index is 0.132. The van der Waals surface area contributed by atoms with E-state index >= 15 is 0 Å². The number of Topliss-reactive ketones (excluding diaryl/α,β-unsaturated/α-hetero) is 1. The first-order valence-corrected chi connectivity index (χ1v) is 4.65. The molecule has 0 heterocycles. The van der Waals surface area contributed by atoms with Gasteiger partial charge in [0.05, 0.1) is 7.11 Å². The van der Waals surface area contributed by atoms with Crippen molar-refractivity contribution in [1.29, 1.82) is 0 Å². The van der Waals surface area contributed by atoms with Gasteiger partial charge in [-0.3, -0.25) is 4.79 Å². The van der Waals surface area contributed by atoms with Gasteiger partial charge in [0.2, 0.25) is 0 Å². The molecule has 0 aliphatic carbocycles. The van der Waals surface area contributed by atoms with Gasteiger partial charge in [-0.2, -0.15) is 0 Å². The minimum Gasteiger partial charge on any atom is -0.494 e. The lowest BCUT2D eigenvalue weighted by molar-refractivity contribution is 0.0988. The number of benzene rings is 1. The fourth-order valence-electron chi connectivity index (χ4n) is 1.07. The number of halogens is 2. The molecule has 0 unspecified atom stereocenters. The topological polar surface area (TPSA) is 26.3 Å². The second-order valence-corrected chi connectivity index (χ2v) is 3.09. The molecule has 1 rings (SSSR count). The zero-order valence-corrected chi connectivity index (χ0v) is 8.47. The number of rotatable bonds is 4. The van der Waals surface area contributed by atoms with E-state index in [-0.39, 0.29) is 23.8 Å². The van der Waals surface area contributed by atoms with Gasteiger partial charge >= 0.3 is 0 Å². The van der Waals surface area contributed by atoms with Crippen LogP contribution in [0.15, 0.2) is 18.2 Å². The average Bonchev–Trinajstić information content (AvgIpc) is 2.18. The second-order valence-electron chi connectivity index (χ2n) is 2.71. The van der Waals surface area contributed by atoms with Gasteiger partial charge in [0.25, 0.3) is 0 Å². The van der Waals surface area contributed by atoms with Crippen LogP contribution in [0.5, 0.6) is 5.75 Å². The number of ketones is 1. The fraction of sp³-hybridized carbons (Fsp3) is 0.300. The molecule has 0 aliphatic rings. The Morgan fingerprint density at radius 3 is 2.79 bits per heavy atom. The molecule has 0 aromatic heterocycles. The van der Waals surface area contributed by atoms with E-state index in [9.17, 15) is 9.18 Å². The highest BCUT2D eigenvalue weighted by Gasteiger charge is 2.09. The van der Waals surface area contributed by atoms with E-state index in [1.165, 1.54) is 19.2 Å². The summed E-state index contributed by atoms with van der Waals surface area (Å²) in [5.74, 6) is -0.325. The Labute approximate surface area is 86.6 Å². The zero-order valence-electron chi connectivity index (χ0n) is 7.72. The maximum Gasteiger partial charge on any atom is 0.165 e. The monoisotopic (exact) mass is 216 g/mol. The van der Waals surface area contributed by atoms with E-state index in [2.05, 4.69) is 0 Å². The summed E-state index contributed by atoms with van der Waals surface area (Å²) >= 11 is 5.41. The van der Waals surface area contributed by atoms with Gasteiger partial charge in [-0.15, -0.1) is 11.6 Å². The molecular formula is C10H10ClFO2. The lowest BCUT2D eigenvalue weighted by Crippen LogP contribution is -2.00. The predicted octanol–water partition coefficient (Wildman–Crippen LogP) is 2.65. The van der Waals surface area contributed by atoms with Crippen molar-refractivity contribution in [3.8, 4) is 5.75 Å². The third-order valence-corrected chi connectivity index (χ3v) is 1.98. The van der Waals surface area contributed by atoms with E-state index in [0.29, 0.717) is 5.56 Å². The maximum atomic E-state index is 13.1. The maximum absolute atomic E-state index is 13.1. The number of methoxy groups -OCH3 is 1. The van der Waals surface area contributed by atoms with E-state index < -0.39 is 5.82 Å². The van der Waals surface area contributed by atoms with Crippen molar-refractivity contribution < 1.29 is 13.9 Å². The quantitative estimate of drug-likeness (QED) is 0.571. The van der Waals surface area contributed by atoms with Crippen LogP contribution in [0.3, 0.4) is 0 Å². The number of carbonyl (C=O) groups excluding carboxylic acids is 1. The van der Waals surface area contributed by atoms with Gasteiger partial charge in [0, 0.05) is 17.9 Å². The summed E-state index contributed by atoms with van der Waals surface area (Å²) in [6.07, 6.45) is 0.216. The molecule has 0 bridgehead atoms. The van der Waals surface area contributed by atoms with Gasteiger partial charge in [-0.1, -0.05) is 0 Å². The first kappa shape index (κ1) is 11.0. The highest BCUT2D eigenvalue weighted by atomic mass is 35.5. The van der Waals surface area contributed by atoms with Gasteiger partial charge in [0.15, 0.2) is 17.3 Å². The molecule has 2 nitrogen and oxygen atoms in total. The van der Waals surface area contributed by atoms with E-state index in [4.69, 9.17) is 16.3 Å². The van der Waals surface area contributed by atoms with Crippen LogP contribution in [0.1, 0.15) is 16.8 Å². The van der Waals surface area contributed by atoms with Crippen LogP contribution in [0.25, 0.3) is 0 Å². The molecule has 76 valence electrons. The lowest BCUT2D eigenvalue weighted by atomic mass is 10.1. The third kappa shape index (κ3) is 2.45. The highest BCUT2D eigenvalue weighted by molar-refractivity contribution is 6.19. The molecule has 0 spiro atoms. The smallest absolute Gasteiger partial charge is 0.165 e. The van der Waals surface area contributed by atoms with Gasteiger partial charge in [-0.25, -0.2) is 4.39 Å². The Hall–Kier alpha value is -1.09. The van der Waals surface area contributed by atoms with Crippen LogP contribution in [0.4, 0.5) is 4.39 Å². The molecule has 1 aromatic rings. The molecule has 0 atom stereocenters. The second kappa shape index (κ2) is 4.96. The minimum atomic E-state index is -0.534. The summed E-state index contributed by atoms with van der Waals surface area (Å²) in [6, 6.07) is 4.11. The Morgan fingerprint density at radius 2 is 2.29 bits per heavy atom. The van der Waals surface area contributed by atoms with Crippen molar-refractivity contribution in [1.82, 2.24) is 0 Å². The van der Waals surface area contributed by atoms with Crippen molar-refractivity contribution in [3.05, 3.63) is 29.6 Å². The lowest BCUT2D eigenvalue weighted by Gasteiger charge is -2.03. The summed E-state index contributed by atoms with van der Waals surface area (Å²) in [4.78, 5) is 11.3. The summed E-state index contributed by atoms with van der Waals surface area (Å²) in [5, 5.41) is 0. The number of hydrogen-bond acceptors (Lipinski definition) is 2. The van der Waals surface area contributed by atoms with Crippen LogP contribution >= 0.6 is 11.6 Å². The molecular weight excluding hydrogens is 207 g/mol. The molecule has 0 aliphatic heterocycles. The molecule has 14 heavy (non-hydrogen) atoms. The Kier molecular flexibility index (Phi) is 3.89. The molecule has 0 amide bonds. The van der Waals surface area contributed by atoms with Gasteiger partial charge in [0.1, 0.15) is 0 Å². The van der Waals surface area contributed by atoms with E-state index in [0.717, 1.165) is 6.07 Å². The van der Waals surface area contributed by atoms with Gasteiger partial charge < -0.3 is 4.74 Å². The van der Waals surface area contributed by atoms with Crippen LogP contribution in [-0.4, -0.2) is 18.8 Å². The number of carbonyl (C=O) groups is 1. The first-order chi connectivity index (χ1) is 6.69. The summed E-state index contributed by atoms with van der Waals surface area (Å²) in [6.45, 7) is 0. The van der Waals surface area contributed by atoms with E-state index in [1.54, 1.807) is 0 Å². The van der Waals surface area contributed by atoms with E-state index in [1.807, 2.05) is 0 Å². The molecule has 1 aromatic carbocycles. The molecule has 0 saturated heterocycles. The van der Waals surface area contributed by atoms with Crippen molar-refractivity contribution in [3.63, 3.8) is 0 Å². The summed E-state index contributed by atoms with van der Waals surface area (Å²) in [5.41, 5.74) is 0.323. The van der Waals surface area contributed by atoms with Crippen LogP contribution in [0.2, 0.25) is 0 Å². The predicted molar refractivity (Wildman–Crippen MR) is 52.6 cm³/mol. The largest absolute Gasteiger partial charge is 0.494 e. The molecule has 0 radical (unpaired) electrons.